The fourth-order valence-corrected chi connectivity index (χ4v) is 3.52. The van der Waals surface area contributed by atoms with Crippen molar-refractivity contribution in [1.82, 2.24) is 4.90 Å². The minimum Gasteiger partial charge on any atom is -0.325 e. The molecule has 1 heterocycles. The summed E-state index contributed by atoms with van der Waals surface area (Å²) in [5, 5.41) is 0. The van der Waals surface area contributed by atoms with E-state index in [-0.39, 0.29) is 30.1 Å². The number of anilines is 1. The van der Waals surface area contributed by atoms with Gasteiger partial charge in [-0.1, -0.05) is 0 Å². The maximum Gasteiger partial charge on any atom is 0.257 e. The van der Waals surface area contributed by atoms with Crippen LogP contribution in [-0.2, 0) is 14.4 Å². The molecule has 2 aliphatic rings. The first-order valence-electron chi connectivity index (χ1n) is 8.15. The minimum absolute atomic E-state index is 0.00175. The van der Waals surface area contributed by atoms with Gasteiger partial charge in [-0.3, -0.25) is 14.4 Å². The predicted molar refractivity (Wildman–Crippen MR) is 99.4 cm³/mol. The number of imide groups is 1. The van der Waals surface area contributed by atoms with E-state index < -0.39 is 11.6 Å². The minimum atomic E-state index is -0.704. The molecule has 3 rings (SSSR count). The number of hydrogen-bond acceptors (Lipinski definition) is 3. The average molecular weight is 440 g/mol. The maximum atomic E-state index is 12.9. The Bertz CT molecular complexity index is 689. The monoisotopic (exact) mass is 440 g/mol. The fourth-order valence-electron chi connectivity index (χ4n) is 3.16. The zero-order valence-corrected chi connectivity index (χ0v) is 16.2. The van der Waals surface area contributed by atoms with Crippen LogP contribution in [0.25, 0.3) is 0 Å². The van der Waals surface area contributed by atoms with Gasteiger partial charge in [0.25, 0.3) is 5.91 Å². The smallest absolute Gasteiger partial charge is 0.257 e. The summed E-state index contributed by atoms with van der Waals surface area (Å²) in [5.74, 6) is -0.535. The van der Waals surface area contributed by atoms with Crippen LogP contribution in [0.3, 0.4) is 0 Å². The molecule has 0 N–H and O–H groups in total. The van der Waals surface area contributed by atoms with Crippen molar-refractivity contribution in [3.8, 4) is 0 Å². The summed E-state index contributed by atoms with van der Waals surface area (Å²) < 4.78 is 1.03. The molecular weight excluding hydrogens is 419 g/mol. The Morgan fingerprint density at radius 1 is 1.17 bits per heavy atom. The number of amides is 3. The third kappa shape index (κ3) is 3.20. The highest BCUT2D eigenvalue weighted by Crippen LogP contribution is 2.37. The van der Waals surface area contributed by atoms with E-state index in [4.69, 9.17) is 0 Å². The quantitative estimate of drug-likeness (QED) is 0.537. The van der Waals surface area contributed by atoms with Gasteiger partial charge in [-0.15, -0.1) is 0 Å². The summed E-state index contributed by atoms with van der Waals surface area (Å²) in [4.78, 5) is 41.0. The Hall–Kier alpha value is -1.44. The van der Waals surface area contributed by atoms with Gasteiger partial charge < -0.3 is 4.90 Å². The van der Waals surface area contributed by atoms with Gasteiger partial charge in [0.2, 0.25) is 11.8 Å². The van der Waals surface area contributed by atoms with E-state index in [1.165, 1.54) is 4.90 Å². The largest absolute Gasteiger partial charge is 0.325 e. The summed E-state index contributed by atoms with van der Waals surface area (Å²) in [5.41, 5.74) is 0.0724. The lowest BCUT2D eigenvalue weighted by Gasteiger charge is -2.39. The average Bonchev–Trinajstić information content (AvgIpc) is 3.28. The number of carbonyl (C=O) groups excluding carboxylic acids is 3. The Morgan fingerprint density at radius 2 is 1.75 bits per heavy atom. The first-order chi connectivity index (χ1) is 11.2. The molecule has 1 saturated heterocycles. The molecule has 1 atom stereocenters. The number of benzene rings is 1. The van der Waals surface area contributed by atoms with Gasteiger partial charge in [-0.05, 0) is 80.5 Å². The van der Waals surface area contributed by atoms with Crippen LogP contribution in [-0.4, -0.2) is 34.2 Å². The molecule has 128 valence electrons. The molecule has 6 heteroatoms. The number of rotatable bonds is 3. The molecule has 1 aromatic carbocycles. The first-order valence-corrected chi connectivity index (χ1v) is 9.23. The Labute approximate surface area is 155 Å². The van der Waals surface area contributed by atoms with Crippen LogP contribution >= 0.6 is 22.6 Å². The zero-order chi connectivity index (χ0) is 17.6. The first kappa shape index (κ1) is 17.4. The summed E-state index contributed by atoms with van der Waals surface area (Å²) in [6, 6.07) is 6.56. The van der Waals surface area contributed by atoms with Crippen LogP contribution < -0.4 is 4.90 Å². The molecule has 0 radical (unpaired) electrons. The van der Waals surface area contributed by atoms with E-state index in [2.05, 4.69) is 22.6 Å². The molecule has 5 nitrogen and oxygen atoms in total. The lowest BCUT2D eigenvalue weighted by molar-refractivity contribution is -0.145. The van der Waals surface area contributed by atoms with Crippen molar-refractivity contribution < 1.29 is 14.4 Å². The van der Waals surface area contributed by atoms with E-state index in [0.717, 1.165) is 16.4 Å². The van der Waals surface area contributed by atoms with Gasteiger partial charge in [0.15, 0.2) is 0 Å². The van der Waals surface area contributed by atoms with Gasteiger partial charge in [0.1, 0.15) is 6.04 Å². The van der Waals surface area contributed by atoms with Crippen LogP contribution in [0, 0.1) is 9.49 Å². The lowest BCUT2D eigenvalue weighted by atomic mass is 10.0. The molecule has 1 aliphatic heterocycles. The summed E-state index contributed by atoms with van der Waals surface area (Å²) in [6.07, 6.45) is 1.81. The molecule has 0 spiro atoms. The number of halogens is 1. The Morgan fingerprint density at radius 3 is 2.25 bits per heavy atom. The fraction of sp³-hybridized carbons (Fsp3) is 0.500. The van der Waals surface area contributed by atoms with Crippen molar-refractivity contribution in [3.05, 3.63) is 27.8 Å². The van der Waals surface area contributed by atoms with E-state index in [0.29, 0.717) is 5.69 Å². The zero-order valence-electron chi connectivity index (χ0n) is 14.1. The summed E-state index contributed by atoms with van der Waals surface area (Å²) >= 11 is 2.18. The molecule has 1 saturated carbocycles. The Kier molecular flexibility index (Phi) is 4.44. The van der Waals surface area contributed by atoms with Crippen molar-refractivity contribution in [2.45, 2.75) is 51.6 Å². The van der Waals surface area contributed by atoms with Crippen molar-refractivity contribution >= 4 is 46.0 Å². The second-order valence-electron chi connectivity index (χ2n) is 7.42. The normalized spacial score (nSPS) is 21.3. The van der Waals surface area contributed by atoms with Crippen molar-refractivity contribution in [1.29, 1.82) is 0 Å². The lowest BCUT2D eigenvalue weighted by Crippen LogP contribution is -2.55. The van der Waals surface area contributed by atoms with Crippen LogP contribution in [0.4, 0.5) is 5.69 Å². The van der Waals surface area contributed by atoms with Gasteiger partial charge in [0.05, 0.1) is 12.1 Å². The van der Waals surface area contributed by atoms with Crippen molar-refractivity contribution in [3.63, 3.8) is 0 Å². The molecule has 1 unspecified atom stereocenters. The van der Waals surface area contributed by atoms with E-state index in [1.54, 1.807) is 17.0 Å². The van der Waals surface area contributed by atoms with Gasteiger partial charge in [0, 0.05) is 15.0 Å². The summed E-state index contributed by atoms with van der Waals surface area (Å²) in [7, 11) is 0. The number of carbonyl (C=O) groups is 3. The van der Waals surface area contributed by atoms with E-state index in [9.17, 15) is 14.4 Å². The standard InChI is InChI=1S/C18H21IN2O3/c1-18(2,3)21(16(23)11-4-5-11)14-10-15(22)20(17(14)24)13-8-6-12(19)7-9-13/h6-9,11,14H,4-5,10H2,1-3H3. The molecule has 24 heavy (non-hydrogen) atoms. The van der Waals surface area contributed by atoms with Crippen molar-refractivity contribution in [2.24, 2.45) is 5.92 Å². The van der Waals surface area contributed by atoms with Gasteiger partial charge in [-0.2, -0.15) is 0 Å². The van der Waals surface area contributed by atoms with E-state index in [1.807, 2.05) is 32.9 Å². The van der Waals surface area contributed by atoms with Crippen molar-refractivity contribution in [2.75, 3.05) is 4.90 Å². The Balaban J connectivity index is 1.91. The molecule has 1 aromatic rings. The molecule has 3 amide bonds. The second-order valence-corrected chi connectivity index (χ2v) is 8.66. The highest BCUT2D eigenvalue weighted by atomic mass is 127. The predicted octanol–water partition coefficient (Wildman–Crippen LogP) is 2.96. The third-order valence-corrected chi connectivity index (χ3v) is 5.13. The highest BCUT2D eigenvalue weighted by Gasteiger charge is 2.49. The maximum absolute atomic E-state index is 12.9. The van der Waals surface area contributed by atoms with E-state index >= 15 is 0 Å². The highest BCUT2D eigenvalue weighted by molar-refractivity contribution is 14.1. The van der Waals surface area contributed by atoms with Crippen LogP contribution in [0.1, 0.15) is 40.0 Å². The van der Waals surface area contributed by atoms with Crippen LogP contribution in [0.2, 0.25) is 0 Å². The third-order valence-electron chi connectivity index (χ3n) is 4.41. The number of nitrogens with zero attached hydrogens (tertiary/aromatic N) is 2. The van der Waals surface area contributed by atoms with Gasteiger partial charge >= 0.3 is 0 Å². The second kappa shape index (κ2) is 6.13. The van der Waals surface area contributed by atoms with Crippen LogP contribution in [0.15, 0.2) is 24.3 Å². The number of hydrogen-bond donors (Lipinski definition) is 0. The molecule has 1 aliphatic carbocycles. The molecular formula is C18H21IN2O3. The molecule has 2 fully saturated rings. The summed E-state index contributed by atoms with van der Waals surface area (Å²) in [6.45, 7) is 5.75. The SMILES string of the molecule is CC(C)(C)N(C(=O)C1CC1)C1CC(=O)N(c2ccc(I)cc2)C1=O. The van der Waals surface area contributed by atoms with Crippen LogP contribution in [0.5, 0.6) is 0 Å². The van der Waals surface area contributed by atoms with Gasteiger partial charge in [-0.25, -0.2) is 4.90 Å². The molecule has 0 aromatic heterocycles. The molecule has 0 bridgehead atoms. The topological polar surface area (TPSA) is 57.7 Å².